The molecule has 0 radical (unpaired) electrons. The molecule has 0 aliphatic heterocycles. The van der Waals surface area contributed by atoms with Crippen molar-refractivity contribution in [2.45, 2.75) is 20.8 Å². The van der Waals surface area contributed by atoms with E-state index in [0.29, 0.717) is 0 Å². The summed E-state index contributed by atoms with van der Waals surface area (Å²) in [5.41, 5.74) is 4.11. The number of hydrogen-bond donors (Lipinski definition) is 0. The maximum atomic E-state index is 4.40. The normalized spacial score (nSPS) is 10.5. The smallest absolute Gasteiger partial charge is 0.0858 e. The van der Waals surface area contributed by atoms with E-state index in [4.69, 9.17) is 0 Å². The van der Waals surface area contributed by atoms with Gasteiger partial charge in [-0.2, -0.15) is 5.10 Å². The molecule has 0 saturated carbocycles. The van der Waals surface area contributed by atoms with Gasteiger partial charge < -0.3 is 0 Å². The van der Waals surface area contributed by atoms with E-state index in [1.807, 2.05) is 49.8 Å². The zero-order chi connectivity index (χ0) is 10.1. The molecule has 0 N–H and O–H groups in total. The predicted octanol–water partition coefficient (Wildman–Crippen LogP) is 2.19. The van der Waals surface area contributed by atoms with Crippen LogP contribution in [0.15, 0.2) is 24.4 Å². The Kier molecular flexibility index (Phi) is 2.08. The Morgan fingerprint density at radius 2 is 1.79 bits per heavy atom. The van der Waals surface area contributed by atoms with Gasteiger partial charge in [0.15, 0.2) is 0 Å². The van der Waals surface area contributed by atoms with Gasteiger partial charge in [0, 0.05) is 11.9 Å². The summed E-state index contributed by atoms with van der Waals surface area (Å²) >= 11 is 0. The van der Waals surface area contributed by atoms with Crippen molar-refractivity contribution in [3.05, 3.63) is 41.5 Å². The van der Waals surface area contributed by atoms with Crippen LogP contribution in [-0.4, -0.2) is 14.8 Å². The van der Waals surface area contributed by atoms with E-state index in [9.17, 15) is 0 Å². The fourth-order valence-electron chi connectivity index (χ4n) is 1.47. The lowest BCUT2D eigenvalue weighted by molar-refractivity contribution is 0.843. The van der Waals surface area contributed by atoms with Crippen LogP contribution >= 0.6 is 0 Å². The highest BCUT2D eigenvalue weighted by Crippen LogP contribution is 2.11. The first-order valence-electron chi connectivity index (χ1n) is 4.64. The molecule has 0 spiro atoms. The molecule has 0 fully saturated rings. The van der Waals surface area contributed by atoms with Crippen LogP contribution in [0.2, 0.25) is 0 Å². The van der Waals surface area contributed by atoms with Crippen LogP contribution in [0.4, 0.5) is 0 Å². The van der Waals surface area contributed by atoms with Crippen LogP contribution in [0, 0.1) is 20.8 Å². The van der Waals surface area contributed by atoms with Crippen molar-refractivity contribution in [3.63, 3.8) is 0 Å². The fraction of sp³-hybridized carbons (Fsp3) is 0.273. The molecule has 0 atom stereocenters. The summed E-state index contributed by atoms with van der Waals surface area (Å²) in [5.74, 6) is 0. The van der Waals surface area contributed by atoms with Crippen LogP contribution < -0.4 is 0 Å². The first-order valence-corrected chi connectivity index (χ1v) is 4.64. The third kappa shape index (κ3) is 1.53. The molecule has 0 saturated heterocycles. The number of aromatic nitrogens is 3. The van der Waals surface area contributed by atoms with E-state index >= 15 is 0 Å². The first kappa shape index (κ1) is 8.94. The van der Waals surface area contributed by atoms with E-state index < -0.39 is 0 Å². The molecule has 2 heterocycles. The zero-order valence-corrected chi connectivity index (χ0v) is 8.65. The molecule has 0 aliphatic carbocycles. The molecule has 2 aromatic rings. The molecule has 14 heavy (non-hydrogen) atoms. The van der Waals surface area contributed by atoms with Crippen molar-refractivity contribution in [2.75, 3.05) is 0 Å². The number of rotatable bonds is 1. The van der Waals surface area contributed by atoms with Gasteiger partial charge in [-0.25, -0.2) is 4.68 Å². The van der Waals surface area contributed by atoms with Gasteiger partial charge in [-0.1, -0.05) is 0 Å². The maximum absolute atomic E-state index is 4.40. The minimum atomic E-state index is 1.01. The molecule has 72 valence electrons. The molecule has 3 nitrogen and oxygen atoms in total. The van der Waals surface area contributed by atoms with Crippen molar-refractivity contribution >= 4 is 0 Å². The van der Waals surface area contributed by atoms with E-state index in [-0.39, 0.29) is 0 Å². The van der Waals surface area contributed by atoms with Gasteiger partial charge in [-0.15, -0.1) is 0 Å². The average Bonchev–Trinajstić information content (AvgIpc) is 2.51. The van der Waals surface area contributed by atoms with Crippen molar-refractivity contribution in [1.29, 1.82) is 0 Å². The molecule has 0 amide bonds. The summed E-state index contributed by atoms with van der Waals surface area (Å²) in [7, 11) is 0. The van der Waals surface area contributed by atoms with Crippen LogP contribution in [0.3, 0.4) is 0 Å². The van der Waals surface area contributed by atoms with Gasteiger partial charge in [0.05, 0.1) is 17.1 Å². The van der Waals surface area contributed by atoms with Crippen molar-refractivity contribution in [3.8, 4) is 5.69 Å². The standard InChI is InChI=1S/C11H13N3/c1-8-4-5-11(10(3)12-8)14-7-6-9(2)13-14/h4-7H,1-3H3. The highest BCUT2D eigenvalue weighted by Gasteiger charge is 2.02. The average molecular weight is 187 g/mol. The van der Waals surface area contributed by atoms with Gasteiger partial charge >= 0.3 is 0 Å². The van der Waals surface area contributed by atoms with Crippen LogP contribution in [0.1, 0.15) is 17.1 Å². The van der Waals surface area contributed by atoms with Gasteiger partial charge in [0.1, 0.15) is 0 Å². The Hall–Kier alpha value is -1.64. The van der Waals surface area contributed by atoms with Gasteiger partial charge in [0.2, 0.25) is 0 Å². The number of pyridine rings is 1. The van der Waals surface area contributed by atoms with Crippen molar-refractivity contribution in [2.24, 2.45) is 0 Å². The molecule has 3 heteroatoms. The molecular weight excluding hydrogens is 174 g/mol. The third-order valence-corrected chi connectivity index (χ3v) is 2.17. The maximum Gasteiger partial charge on any atom is 0.0858 e. The highest BCUT2D eigenvalue weighted by atomic mass is 15.3. The number of aryl methyl sites for hydroxylation is 3. The third-order valence-electron chi connectivity index (χ3n) is 2.17. The van der Waals surface area contributed by atoms with E-state index in [0.717, 1.165) is 22.8 Å². The Morgan fingerprint density at radius 3 is 2.36 bits per heavy atom. The van der Waals surface area contributed by atoms with E-state index in [2.05, 4.69) is 10.1 Å². The van der Waals surface area contributed by atoms with Crippen LogP contribution in [-0.2, 0) is 0 Å². The van der Waals surface area contributed by atoms with Crippen LogP contribution in [0.5, 0.6) is 0 Å². The lowest BCUT2D eigenvalue weighted by atomic mass is 10.3. The molecule has 0 aliphatic rings. The van der Waals surface area contributed by atoms with Crippen molar-refractivity contribution in [1.82, 2.24) is 14.8 Å². The summed E-state index contributed by atoms with van der Waals surface area (Å²) in [6, 6.07) is 6.03. The van der Waals surface area contributed by atoms with E-state index in [1.54, 1.807) is 0 Å². The first-order chi connectivity index (χ1) is 6.66. The summed E-state index contributed by atoms with van der Waals surface area (Å²) in [6.07, 6.45) is 1.95. The number of hydrogen-bond acceptors (Lipinski definition) is 2. The SMILES string of the molecule is Cc1ccc(-n2ccc(C)n2)c(C)n1. The second kappa shape index (κ2) is 3.25. The monoisotopic (exact) mass is 187 g/mol. The molecule has 2 aromatic heterocycles. The topological polar surface area (TPSA) is 30.7 Å². The highest BCUT2D eigenvalue weighted by molar-refractivity contribution is 5.36. The minimum Gasteiger partial charge on any atom is -0.256 e. The lowest BCUT2D eigenvalue weighted by Crippen LogP contribution is -2.00. The van der Waals surface area contributed by atoms with Crippen molar-refractivity contribution < 1.29 is 0 Å². The number of nitrogens with zero attached hydrogens (tertiary/aromatic N) is 3. The summed E-state index contributed by atoms with van der Waals surface area (Å²) in [5, 5.41) is 4.35. The molecule has 2 rings (SSSR count). The molecule has 0 unspecified atom stereocenters. The van der Waals surface area contributed by atoms with Gasteiger partial charge in [-0.05, 0) is 39.0 Å². The summed E-state index contributed by atoms with van der Waals surface area (Å²) < 4.78 is 1.86. The Labute approximate surface area is 83.4 Å². The molecular formula is C11H13N3. The molecule has 0 bridgehead atoms. The zero-order valence-electron chi connectivity index (χ0n) is 8.65. The largest absolute Gasteiger partial charge is 0.256 e. The summed E-state index contributed by atoms with van der Waals surface area (Å²) in [4.78, 5) is 4.40. The summed E-state index contributed by atoms with van der Waals surface area (Å²) in [6.45, 7) is 5.97. The van der Waals surface area contributed by atoms with Gasteiger partial charge in [0.25, 0.3) is 0 Å². The second-order valence-electron chi connectivity index (χ2n) is 3.46. The Bertz CT molecular complexity index is 457. The van der Waals surface area contributed by atoms with Crippen LogP contribution in [0.25, 0.3) is 5.69 Å². The van der Waals surface area contributed by atoms with Gasteiger partial charge in [-0.3, -0.25) is 4.98 Å². The quantitative estimate of drug-likeness (QED) is 0.685. The molecule has 0 aromatic carbocycles. The Morgan fingerprint density at radius 1 is 1.00 bits per heavy atom. The minimum absolute atomic E-state index is 1.01. The second-order valence-corrected chi connectivity index (χ2v) is 3.46. The van der Waals surface area contributed by atoms with E-state index in [1.165, 1.54) is 0 Å². The predicted molar refractivity (Wildman–Crippen MR) is 55.6 cm³/mol. The Balaban J connectivity index is 2.52. The lowest BCUT2D eigenvalue weighted by Gasteiger charge is -2.05. The fourth-order valence-corrected chi connectivity index (χ4v) is 1.47.